The van der Waals surface area contributed by atoms with E-state index in [1.807, 2.05) is 4.68 Å². The fourth-order valence-electron chi connectivity index (χ4n) is 3.54. The van der Waals surface area contributed by atoms with Crippen LogP contribution in [0.3, 0.4) is 0 Å². The van der Waals surface area contributed by atoms with Gasteiger partial charge < -0.3 is 15.4 Å². The Morgan fingerprint density at radius 2 is 2.13 bits per heavy atom. The third-order valence-electron chi connectivity index (χ3n) is 4.83. The maximum atomic E-state index is 5.91. The minimum Gasteiger partial charge on any atom is -0.374 e. The fourth-order valence-corrected chi connectivity index (χ4v) is 3.54. The van der Waals surface area contributed by atoms with Gasteiger partial charge in [0.25, 0.3) is 0 Å². The minimum absolute atomic E-state index is 0. The molecule has 2 aromatic rings. The number of nitrogens with zero attached hydrogens (tertiary/aromatic N) is 5. The maximum Gasteiger partial charge on any atom is 0.191 e. The van der Waals surface area contributed by atoms with E-state index >= 15 is 0 Å². The van der Waals surface area contributed by atoms with Crippen LogP contribution in [0, 0.1) is 5.92 Å². The molecule has 1 aromatic heterocycles. The molecule has 2 N–H and O–H groups in total. The summed E-state index contributed by atoms with van der Waals surface area (Å²) < 4.78 is 7.73. The second kappa shape index (κ2) is 12.9. The molecule has 1 aliphatic heterocycles. The number of halogens is 1. The number of hydrogen-bond donors (Lipinski definition) is 2. The molecule has 0 amide bonds. The molecule has 1 fully saturated rings. The van der Waals surface area contributed by atoms with Crippen molar-refractivity contribution in [2.24, 2.45) is 10.9 Å². The van der Waals surface area contributed by atoms with E-state index in [1.165, 1.54) is 11.1 Å². The first kappa shape index (κ1) is 24.5. The van der Waals surface area contributed by atoms with Gasteiger partial charge in [0, 0.05) is 39.8 Å². The Morgan fingerprint density at radius 3 is 2.87 bits per heavy atom. The van der Waals surface area contributed by atoms with E-state index in [4.69, 9.17) is 4.74 Å². The van der Waals surface area contributed by atoms with Crippen LogP contribution in [-0.2, 0) is 17.8 Å². The van der Waals surface area contributed by atoms with Gasteiger partial charge in [-0.1, -0.05) is 38.1 Å². The van der Waals surface area contributed by atoms with Gasteiger partial charge in [0.05, 0.1) is 19.3 Å². The zero-order valence-corrected chi connectivity index (χ0v) is 20.5. The Bertz CT molecular complexity index is 766. The van der Waals surface area contributed by atoms with Crippen LogP contribution in [0.25, 0.3) is 0 Å². The number of nitrogens with one attached hydrogen (secondary N) is 2. The average Bonchev–Trinajstić information content (AvgIpc) is 3.21. The molecule has 3 rings (SSSR count). The molecule has 8 nitrogen and oxygen atoms in total. The molecule has 9 heteroatoms. The number of benzene rings is 1. The van der Waals surface area contributed by atoms with Crippen molar-refractivity contribution in [1.82, 2.24) is 30.3 Å². The Balaban J connectivity index is 0.00000320. The largest absolute Gasteiger partial charge is 0.374 e. The van der Waals surface area contributed by atoms with Crippen molar-refractivity contribution < 1.29 is 4.74 Å². The lowest BCUT2D eigenvalue weighted by Gasteiger charge is -2.34. The average molecular weight is 527 g/mol. The summed E-state index contributed by atoms with van der Waals surface area (Å²) >= 11 is 0. The van der Waals surface area contributed by atoms with Crippen LogP contribution in [0.2, 0.25) is 0 Å². The van der Waals surface area contributed by atoms with Gasteiger partial charge in [-0.3, -0.25) is 9.89 Å². The summed E-state index contributed by atoms with van der Waals surface area (Å²) in [7, 11) is 1.79. The molecule has 0 aliphatic carbocycles. The van der Waals surface area contributed by atoms with E-state index in [0.717, 1.165) is 38.7 Å². The van der Waals surface area contributed by atoms with E-state index in [9.17, 15) is 0 Å². The summed E-state index contributed by atoms with van der Waals surface area (Å²) in [5, 5.41) is 11.0. The van der Waals surface area contributed by atoms with Gasteiger partial charge in [-0.2, -0.15) is 5.10 Å². The topological polar surface area (TPSA) is 79.6 Å². The molecule has 0 spiro atoms. The molecule has 2 heterocycles. The molecule has 1 unspecified atom stereocenters. The van der Waals surface area contributed by atoms with E-state index in [1.54, 1.807) is 19.7 Å². The van der Waals surface area contributed by atoms with Crippen molar-refractivity contribution in [3.63, 3.8) is 0 Å². The Hall–Kier alpha value is -1.72. The monoisotopic (exact) mass is 527 g/mol. The fraction of sp³-hybridized carbons (Fsp3) is 0.571. The zero-order valence-electron chi connectivity index (χ0n) is 18.1. The molecule has 1 aromatic carbocycles. The van der Waals surface area contributed by atoms with Gasteiger partial charge in [-0.15, -0.1) is 24.0 Å². The number of rotatable bonds is 8. The molecule has 30 heavy (non-hydrogen) atoms. The number of aromatic nitrogens is 3. The highest BCUT2D eigenvalue weighted by Gasteiger charge is 2.21. The van der Waals surface area contributed by atoms with Crippen molar-refractivity contribution in [2.75, 3.05) is 39.8 Å². The summed E-state index contributed by atoms with van der Waals surface area (Å²) in [6.45, 7) is 10.6. The predicted molar refractivity (Wildman–Crippen MR) is 130 cm³/mol. The van der Waals surface area contributed by atoms with Crippen LogP contribution in [-0.4, -0.2) is 71.6 Å². The smallest absolute Gasteiger partial charge is 0.191 e. The Labute approximate surface area is 196 Å². The molecule has 1 saturated heterocycles. The van der Waals surface area contributed by atoms with E-state index in [-0.39, 0.29) is 30.1 Å². The van der Waals surface area contributed by atoms with Crippen molar-refractivity contribution in [1.29, 1.82) is 0 Å². The van der Waals surface area contributed by atoms with Gasteiger partial charge in [-0.25, -0.2) is 9.67 Å². The predicted octanol–water partition coefficient (Wildman–Crippen LogP) is 1.97. The number of hydrogen-bond acceptors (Lipinski definition) is 5. The third-order valence-corrected chi connectivity index (χ3v) is 4.83. The van der Waals surface area contributed by atoms with E-state index in [0.29, 0.717) is 19.0 Å². The highest BCUT2D eigenvalue weighted by Crippen LogP contribution is 2.08. The van der Waals surface area contributed by atoms with Crippen LogP contribution in [0.1, 0.15) is 25.0 Å². The molecular formula is C21H34IN7O. The molecule has 1 aliphatic rings. The van der Waals surface area contributed by atoms with Gasteiger partial charge in [0.1, 0.15) is 12.7 Å². The molecule has 0 radical (unpaired) electrons. The summed E-state index contributed by atoms with van der Waals surface area (Å²) in [6.07, 6.45) is 3.47. The summed E-state index contributed by atoms with van der Waals surface area (Å²) in [4.78, 5) is 10.8. The van der Waals surface area contributed by atoms with Crippen molar-refractivity contribution >= 4 is 29.9 Å². The number of guanidine groups is 1. The molecule has 1 atom stereocenters. The first-order chi connectivity index (χ1) is 14.1. The number of morpholine rings is 1. The molecule has 0 bridgehead atoms. The number of ether oxygens (including phenoxy) is 1. The first-order valence-corrected chi connectivity index (χ1v) is 10.3. The minimum atomic E-state index is 0. The standard InChI is InChI=1S/C21H33N7O.HI/c1-17(2)12-27-7-8-29-20(14-27)11-25-21(22-3)24-10-18-5-4-6-19(9-18)13-28-16-23-15-26-28;/h4-6,9,15-17,20H,7-8,10-14H2,1-3H3,(H2,22,24,25);1H. The van der Waals surface area contributed by atoms with Crippen LogP contribution < -0.4 is 10.6 Å². The van der Waals surface area contributed by atoms with Crippen LogP contribution >= 0.6 is 24.0 Å². The highest BCUT2D eigenvalue weighted by molar-refractivity contribution is 14.0. The molecule has 0 saturated carbocycles. The third kappa shape index (κ3) is 8.19. The Kier molecular flexibility index (Phi) is 10.5. The molecule has 166 valence electrons. The van der Waals surface area contributed by atoms with Crippen molar-refractivity contribution in [2.45, 2.75) is 33.0 Å². The van der Waals surface area contributed by atoms with Crippen LogP contribution in [0.4, 0.5) is 0 Å². The quantitative estimate of drug-likeness (QED) is 0.311. The highest BCUT2D eigenvalue weighted by atomic mass is 127. The van der Waals surface area contributed by atoms with Gasteiger partial charge in [0.15, 0.2) is 5.96 Å². The summed E-state index contributed by atoms with van der Waals surface area (Å²) in [5.74, 6) is 1.47. The van der Waals surface area contributed by atoms with Crippen LogP contribution in [0.5, 0.6) is 0 Å². The van der Waals surface area contributed by atoms with Crippen molar-refractivity contribution in [3.05, 3.63) is 48.0 Å². The van der Waals surface area contributed by atoms with Crippen LogP contribution in [0.15, 0.2) is 41.9 Å². The lowest BCUT2D eigenvalue weighted by molar-refractivity contribution is -0.0284. The van der Waals surface area contributed by atoms with Crippen molar-refractivity contribution in [3.8, 4) is 0 Å². The SMILES string of the molecule is CN=C(NCc1cccc(Cn2cncn2)c1)NCC1CN(CC(C)C)CCO1.I. The normalized spacial score (nSPS) is 17.6. The first-order valence-electron chi connectivity index (χ1n) is 10.3. The van der Waals surface area contributed by atoms with Gasteiger partial charge in [-0.05, 0) is 17.0 Å². The zero-order chi connectivity index (χ0) is 20.5. The lowest BCUT2D eigenvalue weighted by Crippen LogP contribution is -2.50. The second-order valence-corrected chi connectivity index (χ2v) is 7.87. The molecular weight excluding hydrogens is 493 g/mol. The lowest BCUT2D eigenvalue weighted by atomic mass is 10.1. The summed E-state index contributed by atoms with van der Waals surface area (Å²) in [5.41, 5.74) is 2.39. The van der Waals surface area contributed by atoms with E-state index < -0.39 is 0 Å². The van der Waals surface area contributed by atoms with Gasteiger partial charge in [0.2, 0.25) is 0 Å². The second-order valence-electron chi connectivity index (χ2n) is 7.87. The maximum absolute atomic E-state index is 5.91. The Morgan fingerprint density at radius 1 is 1.30 bits per heavy atom. The summed E-state index contributed by atoms with van der Waals surface area (Å²) in [6, 6.07) is 8.45. The van der Waals surface area contributed by atoms with Gasteiger partial charge >= 0.3 is 0 Å². The number of aliphatic imine (C=N–C) groups is 1. The van der Waals surface area contributed by atoms with E-state index in [2.05, 4.69) is 68.7 Å².